The molecule has 0 radical (unpaired) electrons. The van der Waals surface area contributed by atoms with E-state index in [9.17, 15) is 4.79 Å². The van der Waals surface area contributed by atoms with E-state index in [1.807, 2.05) is 23.1 Å². The summed E-state index contributed by atoms with van der Waals surface area (Å²) in [5.41, 5.74) is 1.69. The summed E-state index contributed by atoms with van der Waals surface area (Å²) in [6.07, 6.45) is 0. The third-order valence-corrected chi connectivity index (χ3v) is 5.42. The summed E-state index contributed by atoms with van der Waals surface area (Å²) < 4.78 is 10.7. The average molecular weight is 379 g/mol. The van der Waals surface area contributed by atoms with Crippen LogP contribution in [0.1, 0.15) is 10.9 Å². The molecule has 2 aromatic rings. The molecule has 3 rings (SSSR count). The molecule has 25 heavy (non-hydrogen) atoms. The van der Waals surface area contributed by atoms with Gasteiger partial charge in [-0.2, -0.15) is 0 Å². The predicted molar refractivity (Wildman–Crippen MR) is 102 cm³/mol. The van der Waals surface area contributed by atoms with E-state index in [1.54, 1.807) is 50.2 Å². The first-order chi connectivity index (χ1) is 12.1. The maximum Gasteiger partial charge on any atom is 0.323 e. The number of nitrogens with zero attached hydrogens (tertiary/aromatic N) is 1. The maximum absolute atomic E-state index is 12.7. The van der Waals surface area contributed by atoms with Crippen LogP contribution in [-0.2, 0) is 0 Å². The Hall–Kier alpha value is -2.05. The van der Waals surface area contributed by atoms with Crippen LogP contribution in [0.5, 0.6) is 11.5 Å². The summed E-state index contributed by atoms with van der Waals surface area (Å²) in [6, 6.07) is 12.6. The highest BCUT2D eigenvalue weighted by atomic mass is 35.5. The Balaban J connectivity index is 1.80. The van der Waals surface area contributed by atoms with Crippen LogP contribution in [0.4, 0.5) is 10.5 Å². The average Bonchev–Trinajstić information content (AvgIpc) is 3.13. The number of rotatable bonds is 4. The molecule has 0 bridgehead atoms. The number of anilines is 1. The van der Waals surface area contributed by atoms with E-state index in [-0.39, 0.29) is 11.4 Å². The number of urea groups is 1. The number of hydrogen-bond acceptors (Lipinski definition) is 4. The Labute approximate surface area is 156 Å². The first-order valence-corrected chi connectivity index (χ1v) is 9.21. The number of ether oxygens (including phenoxy) is 2. The fraction of sp³-hybridized carbons (Fsp3) is 0.278. The van der Waals surface area contributed by atoms with Gasteiger partial charge in [0.1, 0.15) is 16.9 Å². The normalized spacial score (nSPS) is 16.6. The third kappa shape index (κ3) is 4.14. The minimum Gasteiger partial charge on any atom is -0.497 e. The highest BCUT2D eigenvalue weighted by Crippen LogP contribution is 2.40. The van der Waals surface area contributed by atoms with E-state index in [2.05, 4.69) is 5.32 Å². The zero-order chi connectivity index (χ0) is 17.8. The molecule has 0 saturated carbocycles. The van der Waals surface area contributed by atoms with E-state index in [4.69, 9.17) is 21.1 Å². The molecule has 1 atom stereocenters. The molecule has 7 heteroatoms. The molecule has 1 fully saturated rings. The van der Waals surface area contributed by atoms with Crippen LogP contribution in [0.25, 0.3) is 0 Å². The second-order valence-corrected chi connectivity index (χ2v) is 7.12. The smallest absolute Gasteiger partial charge is 0.323 e. The number of hydrogen-bond donors (Lipinski definition) is 1. The van der Waals surface area contributed by atoms with Gasteiger partial charge >= 0.3 is 6.03 Å². The van der Waals surface area contributed by atoms with Crippen molar-refractivity contribution in [1.82, 2.24) is 4.90 Å². The summed E-state index contributed by atoms with van der Waals surface area (Å²) in [6.45, 7) is 0.675. The number of methoxy groups -OCH3 is 2. The summed E-state index contributed by atoms with van der Waals surface area (Å²) in [5.74, 6) is 2.29. The lowest BCUT2D eigenvalue weighted by atomic mass is 10.2. The van der Waals surface area contributed by atoms with Crippen LogP contribution in [0.15, 0.2) is 42.5 Å². The van der Waals surface area contributed by atoms with Gasteiger partial charge in [0.15, 0.2) is 0 Å². The molecule has 1 saturated heterocycles. The van der Waals surface area contributed by atoms with Gasteiger partial charge in [-0.3, -0.25) is 0 Å². The van der Waals surface area contributed by atoms with Crippen LogP contribution in [-0.4, -0.2) is 37.4 Å². The van der Waals surface area contributed by atoms with Gasteiger partial charge in [0.25, 0.3) is 0 Å². The molecule has 5 nitrogen and oxygen atoms in total. The molecule has 0 aliphatic carbocycles. The zero-order valence-electron chi connectivity index (χ0n) is 14.0. The largest absolute Gasteiger partial charge is 0.497 e. The van der Waals surface area contributed by atoms with Crippen molar-refractivity contribution >= 4 is 35.1 Å². The fourth-order valence-corrected chi connectivity index (χ4v) is 4.02. The van der Waals surface area contributed by atoms with Gasteiger partial charge in [-0.25, -0.2) is 4.79 Å². The molecular formula is C18H19ClN2O3S. The van der Waals surface area contributed by atoms with Crippen LogP contribution >= 0.6 is 23.4 Å². The molecule has 1 aliphatic heterocycles. The Morgan fingerprint density at radius 1 is 1.16 bits per heavy atom. The first kappa shape index (κ1) is 17.8. The Bertz CT molecular complexity index is 732. The quantitative estimate of drug-likeness (QED) is 0.842. The second kappa shape index (κ2) is 7.89. The minimum atomic E-state index is -0.140. The van der Waals surface area contributed by atoms with Crippen molar-refractivity contribution in [2.75, 3.05) is 31.8 Å². The monoisotopic (exact) mass is 378 g/mol. The number of benzene rings is 2. The molecule has 1 heterocycles. The molecule has 0 spiro atoms. The van der Waals surface area contributed by atoms with Crippen molar-refractivity contribution in [1.29, 1.82) is 0 Å². The van der Waals surface area contributed by atoms with Crippen molar-refractivity contribution in [2.45, 2.75) is 5.37 Å². The molecule has 1 N–H and O–H groups in total. The van der Waals surface area contributed by atoms with Gasteiger partial charge in [-0.15, -0.1) is 11.8 Å². The Kier molecular flexibility index (Phi) is 5.60. The molecule has 2 amide bonds. The molecule has 132 valence electrons. The number of amides is 2. The molecule has 1 aliphatic rings. The summed E-state index contributed by atoms with van der Waals surface area (Å²) in [4.78, 5) is 14.5. The Morgan fingerprint density at radius 2 is 1.80 bits per heavy atom. The summed E-state index contributed by atoms with van der Waals surface area (Å²) >= 11 is 7.60. The lowest BCUT2D eigenvalue weighted by Crippen LogP contribution is -2.34. The standard InChI is InChI=1S/C18H19ClN2O3S/c1-23-15-9-12(10-16(11-15)24-2)17-21(7-8-25-17)18(22)20-14-5-3-13(19)4-6-14/h3-6,9-11,17H,7-8H2,1-2H3,(H,20,22)/t17-/m0/s1. The van der Waals surface area contributed by atoms with Crippen molar-refractivity contribution in [2.24, 2.45) is 0 Å². The van der Waals surface area contributed by atoms with Gasteiger partial charge in [-0.05, 0) is 42.0 Å². The highest BCUT2D eigenvalue weighted by molar-refractivity contribution is 7.99. The summed E-state index contributed by atoms with van der Waals surface area (Å²) in [5, 5.41) is 3.47. The van der Waals surface area contributed by atoms with Crippen molar-refractivity contribution in [3.05, 3.63) is 53.1 Å². The number of halogens is 1. The molecule has 0 aromatic heterocycles. The Morgan fingerprint density at radius 3 is 2.40 bits per heavy atom. The van der Waals surface area contributed by atoms with Crippen LogP contribution in [0.3, 0.4) is 0 Å². The van der Waals surface area contributed by atoms with Gasteiger partial charge in [-0.1, -0.05) is 11.6 Å². The maximum atomic E-state index is 12.7. The van der Waals surface area contributed by atoms with Crippen LogP contribution < -0.4 is 14.8 Å². The minimum absolute atomic E-state index is 0.0868. The van der Waals surface area contributed by atoms with E-state index in [0.29, 0.717) is 28.8 Å². The third-order valence-electron chi connectivity index (χ3n) is 3.91. The highest BCUT2D eigenvalue weighted by Gasteiger charge is 2.31. The van der Waals surface area contributed by atoms with Crippen molar-refractivity contribution < 1.29 is 14.3 Å². The van der Waals surface area contributed by atoms with Crippen LogP contribution in [0.2, 0.25) is 5.02 Å². The fourth-order valence-electron chi connectivity index (χ4n) is 2.65. The van der Waals surface area contributed by atoms with Gasteiger partial charge < -0.3 is 19.7 Å². The molecule has 0 unspecified atom stereocenters. The zero-order valence-corrected chi connectivity index (χ0v) is 15.6. The second-order valence-electron chi connectivity index (χ2n) is 5.50. The van der Waals surface area contributed by atoms with E-state index in [0.717, 1.165) is 11.3 Å². The molecule has 2 aromatic carbocycles. The van der Waals surface area contributed by atoms with E-state index < -0.39 is 0 Å². The lowest BCUT2D eigenvalue weighted by molar-refractivity contribution is 0.214. The first-order valence-electron chi connectivity index (χ1n) is 7.78. The van der Waals surface area contributed by atoms with Crippen LogP contribution in [0, 0.1) is 0 Å². The van der Waals surface area contributed by atoms with Gasteiger partial charge in [0.2, 0.25) is 0 Å². The lowest BCUT2D eigenvalue weighted by Gasteiger charge is -2.25. The SMILES string of the molecule is COc1cc(OC)cc([C@@H]2SCCN2C(=O)Nc2ccc(Cl)cc2)c1. The molecular weight excluding hydrogens is 360 g/mol. The van der Waals surface area contributed by atoms with Gasteiger partial charge in [0, 0.05) is 29.1 Å². The van der Waals surface area contributed by atoms with E-state index in [1.165, 1.54) is 0 Å². The van der Waals surface area contributed by atoms with E-state index >= 15 is 0 Å². The summed E-state index contributed by atoms with van der Waals surface area (Å²) in [7, 11) is 3.23. The predicted octanol–water partition coefficient (Wildman–Crippen LogP) is 4.64. The van der Waals surface area contributed by atoms with Crippen molar-refractivity contribution in [3.63, 3.8) is 0 Å². The number of nitrogens with one attached hydrogen (secondary N) is 1. The number of thioether (sulfide) groups is 1. The van der Waals surface area contributed by atoms with Gasteiger partial charge in [0.05, 0.1) is 14.2 Å². The topological polar surface area (TPSA) is 50.8 Å². The number of carbonyl (C=O) groups is 1. The number of carbonyl (C=O) groups excluding carboxylic acids is 1. The van der Waals surface area contributed by atoms with Crippen molar-refractivity contribution in [3.8, 4) is 11.5 Å².